The van der Waals surface area contributed by atoms with Gasteiger partial charge in [-0.15, -0.1) is 0 Å². The van der Waals surface area contributed by atoms with Crippen molar-refractivity contribution in [3.63, 3.8) is 0 Å². The van der Waals surface area contributed by atoms with Crippen LogP contribution in [-0.4, -0.2) is 18.0 Å². The first-order valence-electron chi connectivity index (χ1n) is 12.5. The number of nitrogens with zero attached hydrogens (tertiary/aromatic N) is 2. The zero-order valence-corrected chi connectivity index (χ0v) is 24.1. The summed E-state index contributed by atoms with van der Waals surface area (Å²) in [6.07, 6.45) is -4.82. The van der Waals surface area contributed by atoms with Crippen molar-refractivity contribution in [2.45, 2.75) is 39.5 Å². The number of aromatic nitrogens is 1. The highest BCUT2D eigenvalue weighted by atomic mass is 35.5. The van der Waals surface area contributed by atoms with E-state index in [1.54, 1.807) is 12.1 Å². The molecule has 1 aliphatic heterocycles. The van der Waals surface area contributed by atoms with Crippen molar-refractivity contribution in [1.29, 1.82) is 0 Å². The van der Waals surface area contributed by atoms with Gasteiger partial charge in [-0.2, -0.15) is 18.2 Å². The largest absolute Gasteiger partial charge is 0.481 e. The molecule has 1 atom stereocenters. The second kappa shape index (κ2) is 10.4. The maximum atomic E-state index is 13.9. The molecule has 4 aromatic rings. The molecule has 5 rings (SSSR count). The lowest BCUT2D eigenvalue weighted by Gasteiger charge is -2.31. The van der Waals surface area contributed by atoms with Crippen LogP contribution in [0.3, 0.4) is 0 Å². The van der Waals surface area contributed by atoms with Crippen LogP contribution in [0, 0.1) is 5.41 Å². The van der Waals surface area contributed by atoms with Gasteiger partial charge in [-0.25, -0.2) is 0 Å². The van der Waals surface area contributed by atoms with E-state index in [1.165, 1.54) is 19.2 Å². The number of hydrogen-bond acceptors (Lipinski definition) is 8. The highest BCUT2D eigenvalue weighted by molar-refractivity contribution is 6.33. The monoisotopic (exact) mass is 622 g/mol. The highest BCUT2D eigenvalue weighted by Crippen LogP contribution is 2.43. The Balaban J connectivity index is 1.53. The minimum Gasteiger partial charge on any atom is -0.481 e. The SMILES string of the molecule is COc1ccc(C(F)(F)F)c(N2Cc3c(Cl)ccc(Nc4c(N[C@@H](c5ccc(Cl)o5)C(C)(C)C)c(=O)c4=O)c3C2=O)n1. The molecule has 0 saturated carbocycles. The number of halogens is 5. The number of ether oxygens (including phenoxy) is 1. The van der Waals surface area contributed by atoms with Crippen molar-refractivity contribution < 1.29 is 27.1 Å². The molecule has 2 aromatic heterocycles. The van der Waals surface area contributed by atoms with E-state index >= 15 is 0 Å². The maximum absolute atomic E-state index is 13.9. The van der Waals surface area contributed by atoms with Crippen molar-refractivity contribution >= 4 is 52.0 Å². The Kier molecular flexibility index (Phi) is 7.26. The number of carbonyl (C=O) groups excluding carboxylic acids is 1. The van der Waals surface area contributed by atoms with Crippen LogP contribution < -0.4 is 31.1 Å². The van der Waals surface area contributed by atoms with Gasteiger partial charge in [0.1, 0.15) is 17.1 Å². The molecule has 42 heavy (non-hydrogen) atoms. The predicted octanol–water partition coefficient (Wildman–Crippen LogP) is 6.71. The summed E-state index contributed by atoms with van der Waals surface area (Å²) in [7, 11) is 1.24. The molecule has 220 valence electrons. The van der Waals surface area contributed by atoms with E-state index in [-0.39, 0.29) is 50.9 Å². The summed E-state index contributed by atoms with van der Waals surface area (Å²) in [6.45, 7) is 5.34. The molecule has 1 aliphatic rings. The summed E-state index contributed by atoms with van der Waals surface area (Å²) in [6, 6.07) is 7.27. The Hall–Kier alpha value is -4.03. The van der Waals surface area contributed by atoms with Crippen molar-refractivity contribution in [3.05, 3.63) is 89.5 Å². The summed E-state index contributed by atoms with van der Waals surface area (Å²) in [4.78, 5) is 43.7. The van der Waals surface area contributed by atoms with Crippen LogP contribution in [0.25, 0.3) is 0 Å². The third kappa shape index (κ3) is 5.09. The van der Waals surface area contributed by atoms with Crippen LogP contribution in [0.5, 0.6) is 5.88 Å². The van der Waals surface area contributed by atoms with Crippen LogP contribution in [0.2, 0.25) is 10.2 Å². The minimum absolute atomic E-state index is 0.0488. The van der Waals surface area contributed by atoms with Gasteiger partial charge < -0.3 is 19.8 Å². The van der Waals surface area contributed by atoms with Gasteiger partial charge in [0, 0.05) is 16.7 Å². The van der Waals surface area contributed by atoms with Crippen LogP contribution in [0.15, 0.2) is 50.4 Å². The molecule has 3 heterocycles. The number of pyridine rings is 1. The van der Waals surface area contributed by atoms with Gasteiger partial charge in [0.15, 0.2) is 11.0 Å². The number of alkyl halides is 3. The van der Waals surface area contributed by atoms with Crippen molar-refractivity contribution in [2.75, 3.05) is 22.6 Å². The normalized spacial score (nSPS) is 14.3. The van der Waals surface area contributed by atoms with E-state index in [1.807, 2.05) is 20.8 Å². The molecule has 9 nitrogen and oxygen atoms in total. The first-order valence-corrected chi connectivity index (χ1v) is 13.2. The number of furan rings is 1. The summed E-state index contributed by atoms with van der Waals surface area (Å²) in [5.74, 6) is -1.20. The lowest BCUT2D eigenvalue weighted by molar-refractivity contribution is -0.137. The summed E-state index contributed by atoms with van der Waals surface area (Å²) in [5.41, 5.74) is -3.24. The lowest BCUT2D eigenvalue weighted by Crippen LogP contribution is -2.39. The molecular formula is C28H23Cl2F3N4O5. The highest BCUT2D eigenvalue weighted by Gasteiger charge is 2.42. The zero-order valence-electron chi connectivity index (χ0n) is 22.6. The number of benzene rings is 1. The second-order valence-electron chi connectivity index (χ2n) is 10.7. The Bertz CT molecular complexity index is 1790. The maximum Gasteiger partial charge on any atom is 0.419 e. The minimum atomic E-state index is -4.82. The van der Waals surface area contributed by atoms with Gasteiger partial charge in [0.05, 0.1) is 36.5 Å². The fourth-order valence-electron chi connectivity index (χ4n) is 4.76. The molecule has 0 fully saturated rings. The summed E-state index contributed by atoms with van der Waals surface area (Å²) < 4.78 is 52.1. The van der Waals surface area contributed by atoms with E-state index in [0.29, 0.717) is 5.76 Å². The van der Waals surface area contributed by atoms with Gasteiger partial charge in [0.25, 0.3) is 16.8 Å². The van der Waals surface area contributed by atoms with Gasteiger partial charge in [-0.05, 0) is 47.3 Å². The number of rotatable bonds is 7. The zero-order chi connectivity index (χ0) is 30.7. The Labute approximate surface area is 246 Å². The van der Waals surface area contributed by atoms with Crippen molar-refractivity contribution in [1.82, 2.24) is 4.98 Å². The number of carbonyl (C=O) groups is 1. The fourth-order valence-corrected chi connectivity index (χ4v) is 5.13. The molecule has 0 radical (unpaired) electrons. The summed E-state index contributed by atoms with van der Waals surface area (Å²) in [5, 5.41) is 6.16. The van der Waals surface area contributed by atoms with Gasteiger partial charge in [-0.1, -0.05) is 32.4 Å². The Morgan fingerprint density at radius 2 is 1.69 bits per heavy atom. The molecule has 0 aliphatic carbocycles. The third-order valence-corrected chi connectivity index (χ3v) is 7.41. The molecule has 2 aromatic carbocycles. The third-order valence-electron chi connectivity index (χ3n) is 6.85. The molecule has 0 spiro atoms. The molecule has 0 saturated heterocycles. The average molecular weight is 623 g/mol. The number of fused-ring (bicyclic) bond motifs is 1. The first kappa shape index (κ1) is 29.5. The van der Waals surface area contributed by atoms with E-state index in [2.05, 4.69) is 15.6 Å². The molecule has 0 bridgehead atoms. The smallest absolute Gasteiger partial charge is 0.419 e. The van der Waals surface area contributed by atoms with Crippen molar-refractivity contribution in [2.24, 2.45) is 5.41 Å². The molecule has 2 N–H and O–H groups in total. The van der Waals surface area contributed by atoms with E-state index < -0.39 is 45.8 Å². The number of methoxy groups -OCH3 is 1. The van der Waals surface area contributed by atoms with E-state index in [0.717, 1.165) is 17.0 Å². The second-order valence-corrected chi connectivity index (χ2v) is 11.5. The topological polar surface area (TPSA) is 114 Å². The Morgan fingerprint density at radius 1 is 1.00 bits per heavy atom. The van der Waals surface area contributed by atoms with Crippen LogP contribution in [0.1, 0.15) is 54.1 Å². The average Bonchev–Trinajstić information content (AvgIpc) is 3.50. The van der Waals surface area contributed by atoms with Gasteiger partial charge in [0.2, 0.25) is 5.88 Å². The van der Waals surface area contributed by atoms with Crippen LogP contribution in [0.4, 0.5) is 36.1 Å². The standard InChI is InChI=1S/C28H23Cl2F3N4O5/c1-27(2,3)24(16-8-9-17(30)42-16)36-21-20(22(38)23(21)39)34-15-7-6-14(29)12-11-37(26(40)19(12)15)25-13(28(31,32)33)5-10-18(35-25)41-4/h5-10,24,34,36H,11H2,1-4H3/t24-/m0/s1. The van der Waals surface area contributed by atoms with Crippen molar-refractivity contribution in [3.8, 4) is 5.88 Å². The molecule has 1 amide bonds. The van der Waals surface area contributed by atoms with Crippen LogP contribution in [-0.2, 0) is 12.7 Å². The van der Waals surface area contributed by atoms with E-state index in [4.69, 9.17) is 32.4 Å². The number of anilines is 4. The Morgan fingerprint density at radius 3 is 2.29 bits per heavy atom. The molecular weight excluding hydrogens is 600 g/mol. The molecule has 14 heteroatoms. The molecule has 0 unspecified atom stereocenters. The predicted molar refractivity (Wildman–Crippen MR) is 152 cm³/mol. The summed E-state index contributed by atoms with van der Waals surface area (Å²) >= 11 is 12.3. The first-order chi connectivity index (χ1) is 19.6. The lowest BCUT2D eigenvalue weighted by atomic mass is 9.85. The van der Waals surface area contributed by atoms with Crippen LogP contribution >= 0.6 is 23.2 Å². The quantitative estimate of drug-likeness (QED) is 0.219. The van der Waals surface area contributed by atoms with Gasteiger partial charge in [-0.3, -0.25) is 19.3 Å². The van der Waals surface area contributed by atoms with Gasteiger partial charge >= 0.3 is 6.18 Å². The fraction of sp³-hybridized carbons (Fsp3) is 0.286. The number of nitrogens with one attached hydrogen (secondary N) is 2. The number of amides is 1. The van der Waals surface area contributed by atoms with E-state index in [9.17, 15) is 27.6 Å². The number of hydrogen-bond donors (Lipinski definition) is 2.